The van der Waals surface area contributed by atoms with Gasteiger partial charge < -0.3 is 5.32 Å². The van der Waals surface area contributed by atoms with Crippen molar-refractivity contribution in [1.82, 2.24) is 10.0 Å². The van der Waals surface area contributed by atoms with Crippen LogP contribution >= 0.6 is 0 Å². The van der Waals surface area contributed by atoms with Gasteiger partial charge in [-0.05, 0) is 25.8 Å². The second-order valence-corrected chi connectivity index (χ2v) is 7.81. The molecule has 0 aliphatic heterocycles. The van der Waals surface area contributed by atoms with Crippen molar-refractivity contribution in [3.63, 3.8) is 0 Å². The first-order valence-corrected chi connectivity index (χ1v) is 9.38. The van der Waals surface area contributed by atoms with Gasteiger partial charge in [0.1, 0.15) is 0 Å². The van der Waals surface area contributed by atoms with E-state index in [0.717, 1.165) is 32.2 Å². The van der Waals surface area contributed by atoms with E-state index in [9.17, 15) is 8.42 Å². The van der Waals surface area contributed by atoms with E-state index in [2.05, 4.69) is 23.9 Å². The van der Waals surface area contributed by atoms with Crippen molar-refractivity contribution in [3.8, 4) is 0 Å². The average Bonchev–Trinajstić information content (AvgIpc) is 2.28. The van der Waals surface area contributed by atoms with Gasteiger partial charge in [-0.2, -0.15) is 0 Å². The Kier molecular flexibility index (Phi) is 7.95. The maximum Gasteiger partial charge on any atom is 0.211 e. The van der Waals surface area contributed by atoms with Crippen molar-refractivity contribution in [2.45, 2.75) is 77.3 Å². The summed E-state index contributed by atoms with van der Waals surface area (Å²) in [6.07, 6.45) is 8.80. The molecule has 1 aliphatic rings. The number of hydrogen-bond donors (Lipinski definition) is 2. The summed E-state index contributed by atoms with van der Waals surface area (Å²) in [6, 6.07) is 0.588. The SMILES string of the molecule is CC(C)NCCCS(=O)(=O)NC1CCCCCCC1. The molecule has 0 unspecified atom stereocenters. The molecule has 0 amide bonds. The average molecular weight is 290 g/mol. The standard InChI is InChI=1S/C14H30N2O2S/c1-13(2)15-11-8-12-19(17,18)16-14-9-6-4-3-5-7-10-14/h13-16H,3-12H2,1-2H3. The van der Waals surface area contributed by atoms with E-state index in [-0.39, 0.29) is 11.8 Å². The number of sulfonamides is 1. The number of rotatable bonds is 7. The molecule has 2 N–H and O–H groups in total. The van der Waals surface area contributed by atoms with E-state index in [4.69, 9.17) is 0 Å². The largest absolute Gasteiger partial charge is 0.314 e. The monoisotopic (exact) mass is 290 g/mol. The molecule has 0 saturated heterocycles. The molecule has 4 nitrogen and oxygen atoms in total. The molecule has 19 heavy (non-hydrogen) atoms. The number of nitrogens with one attached hydrogen (secondary N) is 2. The lowest BCUT2D eigenvalue weighted by atomic mass is 9.97. The van der Waals surface area contributed by atoms with E-state index in [0.29, 0.717) is 12.5 Å². The van der Waals surface area contributed by atoms with Gasteiger partial charge in [0.05, 0.1) is 5.75 Å². The summed E-state index contributed by atoms with van der Waals surface area (Å²) in [6.45, 7) is 4.91. The Hall–Kier alpha value is -0.130. The van der Waals surface area contributed by atoms with Crippen LogP contribution in [0, 0.1) is 0 Å². The van der Waals surface area contributed by atoms with Gasteiger partial charge in [-0.25, -0.2) is 13.1 Å². The van der Waals surface area contributed by atoms with Crippen LogP contribution in [0.2, 0.25) is 0 Å². The Labute approximate surface area is 118 Å². The molecule has 0 spiro atoms. The first kappa shape index (κ1) is 16.9. The van der Waals surface area contributed by atoms with Crippen LogP contribution in [0.15, 0.2) is 0 Å². The Bertz CT molecular complexity index is 320. The minimum Gasteiger partial charge on any atom is -0.314 e. The van der Waals surface area contributed by atoms with Crippen LogP contribution in [0.4, 0.5) is 0 Å². The molecule has 0 aromatic rings. The summed E-state index contributed by atoms with van der Waals surface area (Å²) >= 11 is 0. The fraction of sp³-hybridized carbons (Fsp3) is 1.00. The molecule has 0 bridgehead atoms. The molecular weight excluding hydrogens is 260 g/mol. The fourth-order valence-electron chi connectivity index (χ4n) is 2.54. The minimum absolute atomic E-state index is 0.170. The van der Waals surface area contributed by atoms with Crippen molar-refractivity contribution in [1.29, 1.82) is 0 Å². The normalized spacial score (nSPS) is 19.3. The van der Waals surface area contributed by atoms with Crippen LogP contribution in [0.1, 0.15) is 65.2 Å². The highest BCUT2D eigenvalue weighted by Gasteiger charge is 2.18. The zero-order chi connectivity index (χ0) is 14.1. The van der Waals surface area contributed by atoms with E-state index in [1.807, 2.05) is 0 Å². The van der Waals surface area contributed by atoms with E-state index >= 15 is 0 Å². The molecule has 0 heterocycles. The quantitative estimate of drug-likeness (QED) is 0.708. The van der Waals surface area contributed by atoms with Gasteiger partial charge in [-0.1, -0.05) is 46.0 Å². The van der Waals surface area contributed by atoms with Crippen molar-refractivity contribution in [3.05, 3.63) is 0 Å². The molecule has 5 heteroatoms. The summed E-state index contributed by atoms with van der Waals surface area (Å²) in [5.74, 6) is 0.239. The predicted octanol–water partition coefficient (Wildman–Crippen LogP) is 2.41. The summed E-state index contributed by atoms with van der Waals surface area (Å²) in [5.41, 5.74) is 0. The minimum atomic E-state index is -3.10. The Morgan fingerprint density at radius 2 is 1.63 bits per heavy atom. The van der Waals surface area contributed by atoms with E-state index < -0.39 is 10.0 Å². The van der Waals surface area contributed by atoms with E-state index in [1.165, 1.54) is 19.3 Å². The second-order valence-electron chi connectivity index (χ2n) is 5.94. The molecule has 0 aromatic carbocycles. The second kappa shape index (κ2) is 8.93. The smallest absolute Gasteiger partial charge is 0.211 e. The van der Waals surface area contributed by atoms with Crippen LogP contribution in [0.3, 0.4) is 0 Å². The summed E-state index contributed by atoms with van der Waals surface area (Å²) in [5, 5.41) is 3.25. The lowest BCUT2D eigenvalue weighted by Crippen LogP contribution is -2.37. The Morgan fingerprint density at radius 3 is 2.21 bits per heavy atom. The molecule has 1 fully saturated rings. The van der Waals surface area contributed by atoms with Crippen LogP contribution in [0.25, 0.3) is 0 Å². The van der Waals surface area contributed by atoms with E-state index in [1.54, 1.807) is 0 Å². The molecule has 114 valence electrons. The third-order valence-electron chi connectivity index (χ3n) is 3.59. The third-order valence-corrected chi connectivity index (χ3v) is 5.11. The lowest BCUT2D eigenvalue weighted by molar-refractivity contribution is 0.426. The molecule has 1 aliphatic carbocycles. The van der Waals surface area contributed by atoms with Gasteiger partial charge in [0.15, 0.2) is 0 Å². The van der Waals surface area contributed by atoms with Crippen molar-refractivity contribution >= 4 is 10.0 Å². The van der Waals surface area contributed by atoms with Crippen molar-refractivity contribution < 1.29 is 8.42 Å². The first-order chi connectivity index (χ1) is 8.99. The van der Waals surface area contributed by atoms with Gasteiger partial charge >= 0.3 is 0 Å². The van der Waals surface area contributed by atoms with Crippen LogP contribution < -0.4 is 10.0 Å². The summed E-state index contributed by atoms with van der Waals surface area (Å²) in [7, 11) is -3.10. The highest BCUT2D eigenvalue weighted by atomic mass is 32.2. The zero-order valence-electron chi connectivity index (χ0n) is 12.5. The Balaban J connectivity index is 2.27. The van der Waals surface area contributed by atoms with Gasteiger partial charge in [0.2, 0.25) is 10.0 Å². The van der Waals surface area contributed by atoms with Crippen LogP contribution in [-0.4, -0.2) is 32.8 Å². The first-order valence-electron chi connectivity index (χ1n) is 7.73. The van der Waals surface area contributed by atoms with Gasteiger partial charge in [0.25, 0.3) is 0 Å². The molecule has 1 saturated carbocycles. The molecule has 0 aromatic heterocycles. The summed E-state index contributed by atoms with van der Waals surface area (Å²) < 4.78 is 26.9. The Morgan fingerprint density at radius 1 is 1.05 bits per heavy atom. The molecule has 0 atom stereocenters. The van der Waals surface area contributed by atoms with Gasteiger partial charge in [-0.15, -0.1) is 0 Å². The number of hydrogen-bond acceptors (Lipinski definition) is 3. The van der Waals surface area contributed by atoms with Crippen LogP contribution in [-0.2, 0) is 10.0 Å². The highest BCUT2D eigenvalue weighted by molar-refractivity contribution is 7.89. The van der Waals surface area contributed by atoms with Crippen molar-refractivity contribution in [2.75, 3.05) is 12.3 Å². The fourth-order valence-corrected chi connectivity index (χ4v) is 3.93. The van der Waals surface area contributed by atoms with Crippen molar-refractivity contribution in [2.24, 2.45) is 0 Å². The molecule has 1 rings (SSSR count). The zero-order valence-corrected chi connectivity index (χ0v) is 13.3. The highest BCUT2D eigenvalue weighted by Crippen LogP contribution is 2.17. The lowest BCUT2D eigenvalue weighted by Gasteiger charge is -2.21. The predicted molar refractivity (Wildman–Crippen MR) is 80.8 cm³/mol. The third kappa shape index (κ3) is 8.60. The topological polar surface area (TPSA) is 58.2 Å². The molecular formula is C14H30N2O2S. The summed E-state index contributed by atoms with van der Waals surface area (Å²) in [4.78, 5) is 0. The van der Waals surface area contributed by atoms with Gasteiger partial charge in [-0.3, -0.25) is 0 Å². The maximum atomic E-state index is 12.0. The molecule has 0 radical (unpaired) electrons. The van der Waals surface area contributed by atoms with Crippen LogP contribution in [0.5, 0.6) is 0 Å². The van der Waals surface area contributed by atoms with Gasteiger partial charge in [0, 0.05) is 12.1 Å². The maximum absolute atomic E-state index is 12.0.